The monoisotopic (exact) mass is 364 g/mol. The molecule has 0 bridgehead atoms. The van der Waals surface area contributed by atoms with Crippen molar-refractivity contribution in [3.05, 3.63) is 78.4 Å². The van der Waals surface area contributed by atoms with Gasteiger partial charge in [0.05, 0.1) is 18.8 Å². The lowest BCUT2D eigenvalue weighted by Gasteiger charge is -2.28. The topological polar surface area (TPSA) is 42.3 Å². The summed E-state index contributed by atoms with van der Waals surface area (Å²) in [4.78, 5) is 6.71. The highest BCUT2D eigenvalue weighted by Gasteiger charge is 2.41. The predicted octanol–water partition coefficient (Wildman–Crippen LogP) is 3.61. The number of methoxy groups -OCH3 is 1. The summed E-state index contributed by atoms with van der Waals surface area (Å²) in [6, 6.07) is 18.1. The highest BCUT2D eigenvalue weighted by Crippen LogP contribution is 2.41. The van der Waals surface area contributed by atoms with E-state index in [9.17, 15) is 0 Å². The fourth-order valence-corrected chi connectivity index (χ4v) is 3.82. The second-order valence-corrected chi connectivity index (χ2v) is 6.63. The summed E-state index contributed by atoms with van der Waals surface area (Å²) < 4.78 is 7.53. The van der Waals surface area contributed by atoms with Gasteiger partial charge in [0.25, 0.3) is 0 Å². The van der Waals surface area contributed by atoms with E-state index in [1.54, 1.807) is 7.11 Å². The van der Waals surface area contributed by atoms with Crippen molar-refractivity contribution in [2.24, 2.45) is 7.05 Å². The van der Waals surface area contributed by atoms with Crippen molar-refractivity contribution < 1.29 is 4.74 Å². The third kappa shape index (κ3) is 2.82. The van der Waals surface area contributed by atoms with Crippen molar-refractivity contribution >= 4 is 23.0 Å². The molecule has 0 saturated carbocycles. The third-order valence-electron chi connectivity index (χ3n) is 4.72. The van der Waals surface area contributed by atoms with Crippen LogP contribution in [-0.2, 0) is 7.05 Å². The molecular weight excluding hydrogens is 344 g/mol. The maximum Gasteiger partial charge on any atom is 0.174 e. The lowest BCUT2D eigenvalue weighted by Crippen LogP contribution is -2.30. The van der Waals surface area contributed by atoms with Crippen LogP contribution in [-0.4, -0.2) is 21.8 Å². The first kappa shape index (κ1) is 16.6. The highest BCUT2D eigenvalue weighted by atomic mass is 32.1. The zero-order valence-electron chi connectivity index (χ0n) is 14.7. The van der Waals surface area contributed by atoms with E-state index >= 15 is 0 Å². The van der Waals surface area contributed by atoms with Crippen LogP contribution in [0.2, 0.25) is 0 Å². The molecule has 6 heteroatoms. The SMILES string of the molecule is COc1cccc(N2C(=S)N[C@@H](c3ccccn3)[C@H]2c2cccn2C)c1. The third-order valence-corrected chi connectivity index (χ3v) is 5.03. The molecule has 132 valence electrons. The van der Waals surface area contributed by atoms with E-state index in [0.29, 0.717) is 5.11 Å². The number of thiocarbonyl (C=S) groups is 1. The number of pyridine rings is 1. The average molecular weight is 364 g/mol. The molecule has 2 atom stereocenters. The van der Waals surface area contributed by atoms with Gasteiger partial charge in [-0.3, -0.25) is 4.98 Å². The highest BCUT2D eigenvalue weighted by molar-refractivity contribution is 7.80. The van der Waals surface area contributed by atoms with Crippen LogP contribution >= 0.6 is 12.2 Å². The van der Waals surface area contributed by atoms with Gasteiger partial charge < -0.3 is 19.5 Å². The van der Waals surface area contributed by atoms with Crippen LogP contribution < -0.4 is 15.0 Å². The summed E-state index contributed by atoms with van der Waals surface area (Å²) in [7, 11) is 3.72. The zero-order chi connectivity index (χ0) is 18.1. The molecule has 1 saturated heterocycles. The molecule has 0 radical (unpaired) electrons. The molecule has 2 aromatic heterocycles. The minimum Gasteiger partial charge on any atom is -0.497 e. The smallest absolute Gasteiger partial charge is 0.174 e. The summed E-state index contributed by atoms with van der Waals surface area (Å²) in [5.74, 6) is 0.803. The largest absolute Gasteiger partial charge is 0.497 e. The maximum absolute atomic E-state index is 5.71. The van der Waals surface area contributed by atoms with Crippen LogP contribution in [0.5, 0.6) is 5.75 Å². The predicted molar refractivity (Wildman–Crippen MR) is 106 cm³/mol. The number of hydrogen-bond acceptors (Lipinski definition) is 3. The van der Waals surface area contributed by atoms with Crippen LogP contribution in [0.4, 0.5) is 5.69 Å². The van der Waals surface area contributed by atoms with Gasteiger partial charge in [-0.05, 0) is 48.6 Å². The Morgan fingerprint density at radius 2 is 2.00 bits per heavy atom. The number of rotatable bonds is 4. The number of ether oxygens (including phenoxy) is 1. The van der Waals surface area contributed by atoms with Gasteiger partial charge in [-0.2, -0.15) is 0 Å². The van der Waals surface area contributed by atoms with Crippen molar-refractivity contribution in [3.8, 4) is 5.75 Å². The summed E-state index contributed by atoms with van der Waals surface area (Å²) in [6.45, 7) is 0. The van der Waals surface area contributed by atoms with Gasteiger partial charge in [0, 0.05) is 36.9 Å². The molecule has 3 aromatic rings. The lowest BCUT2D eigenvalue weighted by atomic mass is 10.0. The standard InChI is InChI=1S/C20H20N4OS/c1-23-12-6-10-17(23)19-18(16-9-3-4-11-21-16)22-20(26)24(19)14-7-5-8-15(13-14)25-2/h3-13,18-19H,1-2H3,(H,22,26)/t18-,19+/m0/s1. The van der Waals surface area contributed by atoms with E-state index < -0.39 is 0 Å². The molecule has 3 heterocycles. The number of anilines is 1. The molecular formula is C20H20N4OS. The summed E-state index contributed by atoms with van der Waals surface area (Å²) in [6.07, 6.45) is 3.87. The Morgan fingerprint density at radius 1 is 1.12 bits per heavy atom. The second kappa shape index (κ2) is 6.80. The first-order valence-corrected chi connectivity index (χ1v) is 8.86. The molecule has 0 spiro atoms. The number of hydrogen-bond donors (Lipinski definition) is 1. The van der Waals surface area contributed by atoms with Gasteiger partial charge in [-0.15, -0.1) is 0 Å². The Kier molecular flexibility index (Phi) is 4.34. The Labute approximate surface area is 158 Å². The number of aromatic nitrogens is 2. The number of nitrogens with one attached hydrogen (secondary N) is 1. The first-order chi connectivity index (χ1) is 12.7. The maximum atomic E-state index is 5.71. The molecule has 4 rings (SSSR count). The second-order valence-electron chi connectivity index (χ2n) is 6.24. The summed E-state index contributed by atoms with van der Waals surface area (Å²) in [5.41, 5.74) is 3.12. The molecule has 0 aliphatic carbocycles. The van der Waals surface area contributed by atoms with Crippen molar-refractivity contribution in [2.75, 3.05) is 12.0 Å². The zero-order valence-corrected chi connectivity index (χ0v) is 15.5. The van der Waals surface area contributed by atoms with E-state index in [0.717, 1.165) is 22.8 Å². The Hall–Kier alpha value is -2.86. The molecule has 5 nitrogen and oxygen atoms in total. The summed E-state index contributed by atoms with van der Waals surface area (Å²) >= 11 is 5.71. The molecule has 0 unspecified atom stereocenters. The first-order valence-electron chi connectivity index (χ1n) is 8.45. The van der Waals surface area contributed by atoms with Gasteiger partial charge in [0.1, 0.15) is 11.8 Å². The fraction of sp³-hybridized carbons (Fsp3) is 0.200. The van der Waals surface area contributed by atoms with Gasteiger partial charge in [-0.1, -0.05) is 12.1 Å². The lowest BCUT2D eigenvalue weighted by molar-refractivity contribution is 0.414. The van der Waals surface area contributed by atoms with Crippen molar-refractivity contribution in [2.45, 2.75) is 12.1 Å². The van der Waals surface area contributed by atoms with E-state index in [1.165, 1.54) is 0 Å². The van der Waals surface area contributed by atoms with Crippen LogP contribution in [0.3, 0.4) is 0 Å². The van der Waals surface area contributed by atoms with E-state index in [2.05, 4.69) is 45.1 Å². The molecule has 1 aliphatic heterocycles. The van der Waals surface area contributed by atoms with Crippen LogP contribution in [0.1, 0.15) is 23.5 Å². The Bertz CT molecular complexity index is 924. The average Bonchev–Trinajstić information content (AvgIpc) is 3.25. The minimum atomic E-state index is -0.0384. The number of benzene rings is 1. The van der Waals surface area contributed by atoms with Crippen LogP contribution in [0, 0.1) is 0 Å². The quantitative estimate of drug-likeness (QED) is 0.717. The van der Waals surface area contributed by atoms with Gasteiger partial charge in [-0.25, -0.2) is 0 Å². The molecule has 26 heavy (non-hydrogen) atoms. The molecule has 0 amide bonds. The summed E-state index contributed by atoms with van der Waals surface area (Å²) in [5, 5.41) is 4.14. The van der Waals surface area contributed by atoms with Gasteiger partial charge >= 0.3 is 0 Å². The van der Waals surface area contributed by atoms with Crippen molar-refractivity contribution in [3.63, 3.8) is 0 Å². The van der Waals surface area contributed by atoms with Crippen molar-refractivity contribution in [1.82, 2.24) is 14.9 Å². The van der Waals surface area contributed by atoms with Crippen LogP contribution in [0.15, 0.2) is 67.0 Å². The van der Waals surface area contributed by atoms with E-state index in [-0.39, 0.29) is 12.1 Å². The molecule has 1 fully saturated rings. The fourth-order valence-electron chi connectivity index (χ4n) is 3.48. The normalized spacial score (nSPS) is 19.5. The van der Waals surface area contributed by atoms with Crippen molar-refractivity contribution in [1.29, 1.82) is 0 Å². The molecule has 1 N–H and O–H groups in total. The molecule has 1 aromatic carbocycles. The van der Waals surface area contributed by atoms with Gasteiger partial charge in [0.2, 0.25) is 0 Å². The number of aryl methyl sites for hydroxylation is 1. The Morgan fingerprint density at radius 3 is 2.69 bits per heavy atom. The molecule has 1 aliphatic rings. The van der Waals surface area contributed by atoms with E-state index in [1.807, 2.05) is 48.7 Å². The van der Waals surface area contributed by atoms with E-state index in [4.69, 9.17) is 17.0 Å². The number of nitrogens with zero attached hydrogens (tertiary/aromatic N) is 3. The van der Waals surface area contributed by atoms with Gasteiger partial charge in [0.15, 0.2) is 5.11 Å². The van der Waals surface area contributed by atoms with Crippen LogP contribution in [0.25, 0.3) is 0 Å². The minimum absolute atomic E-state index is 0.00972. The Balaban J connectivity index is 1.84.